The van der Waals surface area contributed by atoms with Crippen LogP contribution in [0.4, 0.5) is 5.82 Å². The first kappa shape index (κ1) is 18.4. The summed E-state index contributed by atoms with van der Waals surface area (Å²) in [5, 5.41) is 6.23. The topological polar surface area (TPSA) is 88.7 Å². The Morgan fingerprint density at radius 1 is 1.13 bits per heavy atom. The number of fused-ring (bicyclic) bond motifs is 4. The van der Waals surface area contributed by atoms with Crippen molar-refractivity contribution in [2.24, 2.45) is 12.8 Å². The van der Waals surface area contributed by atoms with Crippen LogP contribution in [0.2, 0.25) is 10.2 Å². The van der Waals surface area contributed by atoms with Crippen LogP contribution in [0.25, 0.3) is 33.2 Å². The molecule has 0 aliphatic carbocycles. The molecule has 2 aliphatic heterocycles. The third-order valence-corrected chi connectivity index (χ3v) is 7.39. The van der Waals surface area contributed by atoms with E-state index in [2.05, 4.69) is 15.0 Å². The number of rotatable bonds is 2. The molecular weight excluding hydrogens is 421 g/mol. The van der Waals surface area contributed by atoms with E-state index in [1.165, 1.54) is 12.8 Å². The minimum absolute atomic E-state index is 0.295. The highest BCUT2D eigenvalue weighted by atomic mass is 35.5. The van der Waals surface area contributed by atoms with Gasteiger partial charge in [0.1, 0.15) is 16.5 Å². The van der Waals surface area contributed by atoms with Crippen molar-refractivity contribution in [3.05, 3.63) is 34.7 Å². The van der Waals surface area contributed by atoms with E-state index in [0.717, 1.165) is 51.9 Å². The summed E-state index contributed by atoms with van der Waals surface area (Å²) in [6.45, 7) is 0. The average molecular weight is 442 g/mol. The molecule has 9 heteroatoms. The zero-order valence-corrected chi connectivity index (χ0v) is 18.0. The van der Waals surface area contributed by atoms with Gasteiger partial charge in [0.25, 0.3) is 0 Å². The second-order valence-corrected chi connectivity index (χ2v) is 9.12. The van der Waals surface area contributed by atoms with Gasteiger partial charge in [-0.15, -0.1) is 0 Å². The van der Waals surface area contributed by atoms with Gasteiger partial charge >= 0.3 is 0 Å². The summed E-state index contributed by atoms with van der Waals surface area (Å²) < 4.78 is 1.63. The lowest BCUT2D eigenvalue weighted by molar-refractivity contribution is 0.412. The van der Waals surface area contributed by atoms with Gasteiger partial charge in [-0.1, -0.05) is 29.3 Å². The van der Waals surface area contributed by atoms with Gasteiger partial charge in [-0.05, 0) is 31.7 Å². The van der Waals surface area contributed by atoms with Crippen molar-refractivity contribution in [2.45, 2.75) is 43.8 Å². The number of hydrogen-bond donors (Lipinski definition) is 2. The molecule has 154 valence electrons. The maximum absolute atomic E-state index is 6.75. The van der Waals surface area contributed by atoms with E-state index in [4.69, 9.17) is 38.9 Å². The number of piperidine rings is 1. The summed E-state index contributed by atoms with van der Waals surface area (Å²) in [5.41, 5.74) is 10.3. The second-order valence-electron chi connectivity index (χ2n) is 8.39. The predicted molar refractivity (Wildman–Crippen MR) is 120 cm³/mol. The van der Waals surface area contributed by atoms with E-state index >= 15 is 0 Å². The van der Waals surface area contributed by atoms with Gasteiger partial charge < -0.3 is 15.6 Å². The number of halogens is 2. The number of aromatic nitrogens is 5. The molecule has 6 rings (SSSR count). The number of hydrogen-bond acceptors (Lipinski definition) is 5. The highest BCUT2D eigenvalue weighted by molar-refractivity contribution is 6.43. The highest BCUT2D eigenvalue weighted by Crippen LogP contribution is 2.41. The predicted octanol–water partition coefficient (Wildman–Crippen LogP) is 4.28. The quantitative estimate of drug-likeness (QED) is 0.484. The van der Waals surface area contributed by atoms with Gasteiger partial charge in [0.15, 0.2) is 5.65 Å². The molecule has 5 heterocycles. The summed E-state index contributed by atoms with van der Waals surface area (Å²) in [5.74, 6) is 0.923. The van der Waals surface area contributed by atoms with Crippen LogP contribution in [0.3, 0.4) is 0 Å². The number of aromatic amines is 1. The van der Waals surface area contributed by atoms with Crippen molar-refractivity contribution in [1.82, 2.24) is 24.7 Å². The van der Waals surface area contributed by atoms with Crippen molar-refractivity contribution in [2.75, 3.05) is 4.90 Å². The largest absolute Gasteiger partial charge is 0.349 e. The van der Waals surface area contributed by atoms with Crippen molar-refractivity contribution in [1.29, 1.82) is 0 Å². The molecule has 0 spiro atoms. The normalized spacial score (nSPS) is 23.7. The molecule has 2 aliphatic rings. The number of H-pyrrole nitrogens is 1. The van der Waals surface area contributed by atoms with Crippen molar-refractivity contribution in [3.63, 3.8) is 0 Å². The van der Waals surface area contributed by atoms with E-state index in [-0.39, 0.29) is 0 Å². The molecule has 0 radical (unpaired) electrons. The minimum Gasteiger partial charge on any atom is -0.349 e. The lowest BCUT2D eigenvalue weighted by Gasteiger charge is -2.38. The molecule has 3 atom stereocenters. The van der Waals surface area contributed by atoms with Crippen molar-refractivity contribution >= 4 is 51.1 Å². The maximum Gasteiger partial charge on any atom is 0.159 e. The first-order chi connectivity index (χ1) is 14.5. The smallest absolute Gasteiger partial charge is 0.159 e. The van der Waals surface area contributed by atoms with Crippen LogP contribution in [-0.2, 0) is 7.05 Å². The number of aryl methyl sites for hydroxylation is 1. The Morgan fingerprint density at radius 3 is 2.67 bits per heavy atom. The first-order valence-corrected chi connectivity index (χ1v) is 11.0. The molecule has 1 aromatic carbocycles. The number of nitrogens with one attached hydrogen (secondary N) is 1. The number of benzene rings is 1. The van der Waals surface area contributed by atoms with Crippen LogP contribution in [0.1, 0.15) is 25.7 Å². The molecule has 2 fully saturated rings. The van der Waals surface area contributed by atoms with E-state index in [0.29, 0.717) is 28.3 Å². The fourth-order valence-corrected chi connectivity index (χ4v) is 5.86. The molecule has 30 heavy (non-hydrogen) atoms. The molecule has 3 aromatic heterocycles. The first-order valence-electron chi connectivity index (χ1n) is 10.2. The van der Waals surface area contributed by atoms with Crippen LogP contribution in [0, 0.1) is 0 Å². The Balaban J connectivity index is 1.44. The zero-order chi connectivity index (χ0) is 20.6. The molecule has 0 amide bonds. The SMILES string of the molecule is Cn1nc2ccc(-c3c[nH]c4nc(N5[C@@H]6CC[C@H]5C[C@@H](N)C6)cnc34)c(Cl)c2c1Cl. The van der Waals surface area contributed by atoms with E-state index in [1.807, 2.05) is 24.5 Å². The molecule has 0 unspecified atom stereocenters. The Bertz CT molecular complexity index is 1280. The Kier molecular flexibility index (Phi) is 4.04. The molecule has 2 bridgehead atoms. The third-order valence-electron chi connectivity index (χ3n) is 6.56. The van der Waals surface area contributed by atoms with Gasteiger partial charge in [-0.25, -0.2) is 9.97 Å². The Morgan fingerprint density at radius 2 is 1.90 bits per heavy atom. The lowest BCUT2D eigenvalue weighted by Crippen LogP contribution is -2.47. The van der Waals surface area contributed by atoms with E-state index in [9.17, 15) is 0 Å². The molecular formula is C21H21Cl2N7. The van der Waals surface area contributed by atoms with Crippen molar-refractivity contribution in [3.8, 4) is 11.1 Å². The molecule has 7 nitrogen and oxygen atoms in total. The fourth-order valence-electron chi connectivity index (χ4n) is 5.23. The molecule has 4 aromatic rings. The van der Waals surface area contributed by atoms with Gasteiger partial charge in [-0.3, -0.25) is 4.68 Å². The van der Waals surface area contributed by atoms with E-state index in [1.54, 1.807) is 11.7 Å². The molecule has 2 saturated heterocycles. The van der Waals surface area contributed by atoms with Gasteiger partial charge in [0.2, 0.25) is 0 Å². The number of nitrogens with zero attached hydrogens (tertiary/aromatic N) is 5. The number of nitrogens with two attached hydrogens (primary N) is 1. The third kappa shape index (κ3) is 2.58. The van der Waals surface area contributed by atoms with Crippen LogP contribution in [-0.4, -0.2) is 42.9 Å². The highest BCUT2D eigenvalue weighted by Gasteiger charge is 2.40. The monoisotopic (exact) mass is 441 g/mol. The lowest BCUT2D eigenvalue weighted by atomic mass is 9.98. The van der Waals surface area contributed by atoms with Gasteiger partial charge in [-0.2, -0.15) is 5.10 Å². The van der Waals surface area contributed by atoms with Gasteiger partial charge in [0.05, 0.1) is 22.1 Å². The Hall–Kier alpha value is -2.35. The van der Waals surface area contributed by atoms with Crippen molar-refractivity contribution < 1.29 is 0 Å². The van der Waals surface area contributed by atoms with Crippen LogP contribution >= 0.6 is 23.2 Å². The standard InChI is InChI=1S/C21H21Cl2N7/c1-29-20(23)17-15(28-29)5-4-13(18(17)22)14-8-26-21-19(14)25-9-16(27-21)30-11-2-3-12(30)7-10(24)6-11/h4-5,8-12H,2-3,6-7,24H2,1H3,(H,26,27)/t10-,11+,12-. The van der Waals surface area contributed by atoms with Gasteiger partial charge in [0, 0.05) is 42.5 Å². The summed E-state index contributed by atoms with van der Waals surface area (Å²) in [7, 11) is 1.80. The summed E-state index contributed by atoms with van der Waals surface area (Å²) >= 11 is 13.2. The van der Waals surface area contributed by atoms with Crippen LogP contribution in [0.15, 0.2) is 24.5 Å². The average Bonchev–Trinajstić information content (AvgIpc) is 3.35. The summed E-state index contributed by atoms with van der Waals surface area (Å²) in [6.07, 6.45) is 8.18. The maximum atomic E-state index is 6.75. The second kappa shape index (κ2) is 6.57. The van der Waals surface area contributed by atoms with Crippen LogP contribution in [0.5, 0.6) is 0 Å². The van der Waals surface area contributed by atoms with Crippen LogP contribution < -0.4 is 10.6 Å². The van der Waals surface area contributed by atoms with E-state index < -0.39 is 0 Å². The zero-order valence-electron chi connectivity index (χ0n) is 16.4. The fraction of sp³-hybridized carbons (Fsp3) is 0.381. The Labute approximate surface area is 183 Å². The summed E-state index contributed by atoms with van der Waals surface area (Å²) in [4.78, 5) is 15.4. The molecule has 3 N–H and O–H groups in total. The summed E-state index contributed by atoms with van der Waals surface area (Å²) in [6, 6.07) is 5.11. The number of anilines is 1. The molecule has 0 saturated carbocycles. The minimum atomic E-state index is 0.295.